The SMILES string of the molecule is CC(C)Cc1cc(C(=O)N[C@H](C)c2ccc(F)cc2F)n(C)n1. The number of hydrogen-bond acceptors (Lipinski definition) is 2. The largest absolute Gasteiger partial charge is 0.344 e. The topological polar surface area (TPSA) is 46.9 Å². The van der Waals surface area contributed by atoms with Crippen molar-refractivity contribution in [2.24, 2.45) is 13.0 Å². The number of carbonyl (C=O) groups excluding carboxylic acids is 1. The highest BCUT2D eigenvalue weighted by atomic mass is 19.1. The van der Waals surface area contributed by atoms with Crippen LogP contribution >= 0.6 is 0 Å². The zero-order valence-corrected chi connectivity index (χ0v) is 13.7. The van der Waals surface area contributed by atoms with Crippen LogP contribution < -0.4 is 5.32 Å². The van der Waals surface area contributed by atoms with Crippen LogP contribution in [0.2, 0.25) is 0 Å². The lowest BCUT2D eigenvalue weighted by Crippen LogP contribution is -2.29. The van der Waals surface area contributed by atoms with Gasteiger partial charge < -0.3 is 5.32 Å². The molecule has 1 amide bonds. The number of nitrogens with zero attached hydrogens (tertiary/aromatic N) is 2. The van der Waals surface area contributed by atoms with Gasteiger partial charge in [-0.2, -0.15) is 5.10 Å². The molecule has 0 saturated heterocycles. The summed E-state index contributed by atoms with van der Waals surface area (Å²) in [5, 5.41) is 7.03. The lowest BCUT2D eigenvalue weighted by molar-refractivity contribution is 0.0930. The van der Waals surface area contributed by atoms with E-state index in [-0.39, 0.29) is 11.5 Å². The molecule has 4 nitrogen and oxygen atoms in total. The van der Waals surface area contributed by atoms with E-state index in [1.165, 1.54) is 16.8 Å². The molecule has 0 aliphatic heterocycles. The predicted octanol–water partition coefficient (Wildman–Crippen LogP) is 3.39. The lowest BCUT2D eigenvalue weighted by Gasteiger charge is -2.15. The monoisotopic (exact) mass is 321 g/mol. The van der Waals surface area contributed by atoms with Gasteiger partial charge in [0, 0.05) is 18.7 Å². The van der Waals surface area contributed by atoms with Crippen molar-refractivity contribution in [1.29, 1.82) is 0 Å². The molecule has 0 unspecified atom stereocenters. The molecule has 1 atom stereocenters. The number of nitrogens with one attached hydrogen (secondary N) is 1. The van der Waals surface area contributed by atoms with E-state index in [0.717, 1.165) is 18.2 Å². The molecule has 0 radical (unpaired) electrons. The molecule has 1 heterocycles. The number of aryl methyl sites for hydroxylation is 1. The average Bonchev–Trinajstić information content (AvgIpc) is 2.78. The van der Waals surface area contributed by atoms with Gasteiger partial charge in [-0.05, 0) is 31.4 Å². The van der Waals surface area contributed by atoms with Gasteiger partial charge in [0.15, 0.2) is 0 Å². The molecule has 0 aliphatic rings. The maximum atomic E-state index is 13.8. The zero-order valence-electron chi connectivity index (χ0n) is 13.7. The van der Waals surface area contributed by atoms with Crippen LogP contribution in [0, 0.1) is 17.6 Å². The number of halogens is 2. The minimum absolute atomic E-state index is 0.240. The van der Waals surface area contributed by atoms with Crippen molar-refractivity contribution in [3.63, 3.8) is 0 Å². The summed E-state index contributed by atoms with van der Waals surface area (Å²) in [5.74, 6) is -1.22. The van der Waals surface area contributed by atoms with E-state index in [1.807, 2.05) is 0 Å². The normalized spacial score (nSPS) is 12.5. The summed E-state index contributed by atoms with van der Waals surface area (Å²) in [6, 6.07) is 4.48. The van der Waals surface area contributed by atoms with E-state index in [4.69, 9.17) is 0 Å². The van der Waals surface area contributed by atoms with Crippen LogP contribution in [0.5, 0.6) is 0 Å². The highest BCUT2D eigenvalue weighted by Crippen LogP contribution is 2.18. The Hall–Kier alpha value is -2.24. The number of amides is 1. The summed E-state index contributed by atoms with van der Waals surface area (Å²) in [7, 11) is 1.70. The minimum Gasteiger partial charge on any atom is -0.344 e. The predicted molar refractivity (Wildman–Crippen MR) is 84.0 cm³/mol. The lowest BCUT2D eigenvalue weighted by atomic mass is 10.1. The maximum absolute atomic E-state index is 13.8. The van der Waals surface area contributed by atoms with E-state index in [9.17, 15) is 13.6 Å². The van der Waals surface area contributed by atoms with E-state index in [2.05, 4.69) is 24.3 Å². The van der Waals surface area contributed by atoms with Gasteiger partial charge in [0.25, 0.3) is 5.91 Å². The third-order valence-electron chi connectivity index (χ3n) is 3.56. The first-order chi connectivity index (χ1) is 10.8. The van der Waals surface area contributed by atoms with Crippen LogP contribution in [0.4, 0.5) is 8.78 Å². The average molecular weight is 321 g/mol. The summed E-state index contributed by atoms with van der Waals surface area (Å²) >= 11 is 0. The van der Waals surface area contributed by atoms with Gasteiger partial charge in [-0.3, -0.25) is 9.48 Å². The summed E-state index contributed by atoms with van der Waals surface area (Å²) in [6.07, 6.45) is 0.781. The number of benzene rings is 1. The number of hydrogen-bond donors (Lipinski definition) is 1. The highest BCUT2D eigenvalue weighted by Gasteiger charge is 2.18. The third-order valence-corrected chi connectivity index (χ3v) is 3.56. The highest BCUT2D eigenvalue weighted by molar-refractivity contribution is 5.92. The van der Waals surface area contributed by atoms with Gasteiger partial charge in [-0.1, -0.05) is 19.9 Å². The fraction of sp³-hybridized carbons (Fsp3) is 0.412. The minimum atomic E-state index is -0.677. The smallest absolute Gasteiger partial charge is 0.270 e. The van der Waals surface area contributed by atoms with Crippen molar-refractivity contribution < 1.29 is 13.6 Å². The standard InChI is InChI=1S/C17H21F2N3O/c1-10(2)7-13-9-16(22(4)21-13)17(23)20-11(3)14-6-5-12(18)8-15(14)19/h5-6,8-11H,7H2,1-4H3,(H,20,23)/t11-/m1/s1. The van der Waals surface area contributed by atoms with Crippen molar-refractivity contribution in [3.8, 4) is 0 Å². The fourth-order valence-corrected chi connectivity index (χ4v) is 2.46. The van der Waals surface area contributed by atoms with Crippen LogP contribution in [0.15, 0.2) is 24.3 Å². The summed E-state index contributed by atoms with van der Waals surface area (Å²) in [6.45, 7) is 5.81. The molecule has 0 bridgehead atoms. The Labute approximate surface area is 134 Å². The van der Waals surface area contributed by atoms with Crippen LogP contribution in [0.1, 0.15) is 48.6 Å². The number of rotatable bonds is 5. The second kappa shape index (κ2) is 6.89. The zero-order chi connectivity index (χ0) is 17.1. The molecule has 1 aromatic heterocycles. The molecule has 2 aromatic rings. The molecule has 6 heteroatoms. The van der Waals surface area contributed by atoms with Crippen molar-refractivity contribution in [3.05, 3.63) is 52.9 Å². The van der Waals surface area contributed by atoms with Crippen LogP contribution in [-0.4, -0.2) is 15.7 Å². The number of carbonyl (C=O) groups is 1. The second-order valence-electron chi connectivity index (χ2n) is 6.10. The summed E-state index contributed by atoms with van der Waals surface area (Å²) in [5.41, 5.74) is 1.49. The molecule has 1 N–H and O–H groups in total. The van der Waals surface area contributed by atoms with Gasteiger partial charge in [0.2, 0.25) is 0 Å². The van der Waals surface area contributed by atoms with Crippen LogP contribution in [0.25, 0.3) is 0 Å². The van der Waals surface area contributed by atoms with Gasteiger partial charge in [0.05, 0.1) is 11.7 Å². The summed E-state index contributed by atoms with van der Waals surface area (Å²) in [4.78, 5) is 12.4. The Balaban J connectivity index is 2.13. The van der Waals surface area contributed by atoms with E-state index < -0.39 is 17.7 Å². The summed E-state index contributed by atoms with van der Waals surface area (Å²) < 4.78 is 28.2. The molecule has 0 fully saturated rings. The Morgan fingerprint density at radius 3 is 2.57 bits per heavy atom. The quantitative estimate of drug-likeness (QED) is 0.917. The Morgan fingerprint density at radius 1 is 1.26 bits per heavy atom. The molecule has 23 heavy (non-hydrogen) atoms. The Morgan fingerprint density at radius 2 is 1.96 bits per heavy atom. The molecule has 0 aliphatic carbocycles. The van der Waals surface area contributed by atoms with Gasteiger partial charge in [-0.15, -0.1) is 0 Å². The number of aromatic nitrogens is 2. The van der Waals surface area contributed by atoms with Crippen LogP contribution in [-0.2, 0) is 13.5 Å². The fourth-order valence-electron chi connectivity index (χ4n) is 2.46. The van der Waals surface area contributed by atoms with Gasteiger partial charge in [0.1, 0.15) is 17.3 Å². The first-order valence-electron chi connectivity index (χ1n) is 7.56. The van der Waals surface area contributed by atoms with Gasteiger partial charge in [-0.25, -0.2) is 8.78 Å². The molecule has 1 aromatic carbocycles. The molecule has 0 saturated carbocycles. The van der Waals surface area contributed by atoms with Crippen molar-refractivity contribution >= 4 is 5.91 Å². The van der Waals surface area contributed by atoms with E-state index in [0.29, 0.717) is 11.6 Å². The first kappa shape index (κ1) is 17.1. The molecule has 0 spiro atoms. The van der Waals surface area contributed by atoms with E-state index in [1.54, 1.807) is 20.0 Å². The van der Waals surface area contributed by atoms with Crippen molar-refractivity contribution in [2.75, 3.05) is 0 Å². The van der Waals surface area contributed by atoms with Crippen molar-refractivity contribution in [2.45, 2.75) is 33.2 Å². The van der Waals surface area contributed by atoms with Gasteiger partial charge >= 0.3 is 0 Å². The first-order valence-corrected chi connectivity index (χ1v) is 7.56. The Kier molecular flexibility index (Phi) is 5.13. The van der Waals surface area contributed by atoms with Crippen LogP contribution in [0.3, 0.4) is 0 Å². The van der Waals surface area contributed by atoms with Crippen molar-refractivity contribution in [1.82, 2.24) is 15.1 Å². The Bertz CT molecular complexity index is 710. The molecule has 124 valence electrons. The third kappa shape index (κ3) is 4.15. The van der Waals surface area contributed by atoms with E-state index >= 15 is 0 Å². The maximum Gasteiger partial charge on any atom is 0.270 e. The molecular formula is C17H21F2N3O. The second-order valence-corrected chi connectivity index (χ2v) is 6.10. The molecular weight excluding hydrogens is 300 g/mol. The molecule has 2 rings (SSSR count).